The van der Waals surface area contributed by atoms with E-state index in [9.17, 15) is 9.59 Å². The van der Waals surface area contributed by atoms with E-state index in [4.69, 9.17) is 14.6 Å². The van der Waals surface area contributed by atoms with Crippen molar-refractivity contribution >= 4 is 22.8 Å². The van der Waals surface area contributed by atoms with Crippen LogP contribution >= 0.6 is 0 Å². The van der Waals surface area contributed by atoms with Crippen molar-refractivity contribution in [3.8, 4) is 5.69 Å². The first-order valence-electron chi connectivity index (χ1n) is 13.4. The summed E-state index contributed by atoms with van der Waals surface area (Å²) in [5.74, 6) is -2.52. The summed E-state index contributed by atoms with van der Waals surface area (Å²) in [6.45, 7) is 5.37. The second-order valence-corrected chi connectivity index (χ2v) is 10.1. The van der Waals surface area contributed by atoms with Gasteiger partial charge in [0.25, 0.3) is 0 Å². The van der Waals surface area contributed by atoms with E-state index in [1.807, 2.05) is 60.9 Å². The van der Waals surface area contributed by atoms with Gasteiger partial charge in [-0.3, -0.25) is 9.47 Å². The molecule has 0 aliphatic carbocycles. The zero-order valence-electron chi connectivity index (χ0n) is 22.6. The molecule has 3 heterocycles. The number of ether oxygens (including phenoxy) is 2. The number of hydrogen-bond donors (Lipinski definition) is 2. The van der Waals surface area contributed by atoms with Crippen LogP contribution in [0.1, 0.15) is 43.9 Å². The molecule has 0 fully saturated rings. The zero-order chi connectivity index (χ0) is 28.1. The highest BCUT2D eigenvalue weighted by Gasteiger charge is 2.33. The Hall–Kier alpha value is -4.28. The van der Waals surface area contributed by atoms with E-state index in [0.717, 1.165) is 41.5 Å². The minimum atomic E-state index is -1.61. The van der Waals surface area contributed by atoms with Crippen molar-refractivity contribution in [3.05, 3.63) is 90.3 Å². The molecular formula is C30H33N5O5. The number of benzene rings is 2. The Balaban J connectivity index is 1.36. The van der Waals surface area contributed by atoms with Gasteiger partial charge in [0.2, 0.25) is 0 Å². The van der Waals surface area contributed by atoms with E-state index in [2.05, 4.69) is 38.4 Å². The van der Waals surface area contributed by atoms with Crippen LogP contribution in [-0.4, -0.2) is 66.9 Å². The predicted octanol–water partition coefficient (Wildman–Crippen LogP) is 4.43. The van der Waals surface area contributed by atoms with Crippen LogP contribution in [0.5, 0.6) is 0 Å². The molecule has 2 aromatic heterocycles. The third kappa shape index (κ3) is 6.30. The first kappa shape index (κ1) is 27.3. The molecule has 0 spiro atoms. The van der Waals surface area contributed by atoms with Crippen LogP contribution in [0.3, 0.4) is 0 Å². The van der Waals surface area contributed by atoms with Crippen molar-refractivity contribution in [2.45, 2.75) is 51.4 Å². The molecule has 0 saturated carbocycles. The summed E-state index contributed by atoms with van der Waals surface area (Å²) in [6, 6.07) is 15.9. The van der Waals surface area contributed by atoms with Gasteiger partial charge in [-0.1, -0.05) is 30.3 Å². The number of fused-ring (bicyclic) bond motifs is 1. The molecule has 2 unspecified atom stereocenters. The van der Waals surface area contributed by atoms with Crippen molar-refractivity contribution < 1.29 is 24.2 Å². The molecule has 10 heteroatoms. The second-order valence-electron chi connectivity index (χ2n) is 10.1. The van der Waals surface area contributed by atoms with Crippen LogP contribution in [0.25, 0.3) is 16.6 Å². The van der Waals surface area contributed by atoms with Gasteiger partial charge < -0.3 is 19.6 Å². The van der Waals surface area contributed by atoms with Gasteiger partial charge in [-0.05, 0) is 68.6 Å². The highest BCUT2D eigenvalue weighted by molar-refractivity contribution is 6.28. The van der Waals surface area contributed by atoms with E-state index in [1.165, 1.54) is 5.56 Å². The Labute approximate surface area is 232 Å². The molecule has 10 nitrogen and oxygen atoms in total. The fourth-order valence-corrected chi connectivity index (χ4v) is 5.20. The molecule has 2 N–H and O–H groups in total. The maximum Gasteiger partial charge on any atom is 0.422 e. The number of nitrogens with zero attached hydrogens (tertiary/aromatic N) is 4. The van der Waals surface area contributed by atoms with Gasteiger partial charge in [-0.25, -0.2) is 9.59 Å². The molecule has 0 amide bonds. The highest BCUT2D eigenvalue weighted by atomic mass is 16.6. The summed E-state index contributed by atoms with van der Waals surface area (Å²) >= 11 is 0. The lowest BCUT2D eigenvalue weighted by Crippen LogP contribution is -2.44. The van der Waals surface area contributed by atoms with Gasteiger partial charge in [-0.15, -0.1) is 10.2 Å². The van der Waals surface area contributed by atoms with Crippen LogP contribution in [0.2, 0.25) is 0 Å². The van der Waals surface area contributed by atoms with Gasteiger partial charge in [-0.2, -0.15) is 0 Å². The quantitative estimate of drug-likeness (QED) is 0.222. The molecule has 1 aliphatic rings. The number of rotatable bonds is 10. The summed E-state index contributed by atoms with van der Waals surface area (Å²) in [5, 5.41) is 18.0. The third-order valence-corrected chi connectivity index (χ3v) is 7.04. The van der Waals surface area contributed by atoms with Gasteiger partial charge in [0.15, 0.2) is 0 Å². The van der Waals surface area contributed by atoms with Crippen molar-refractivity contribution in [2.75, 3.05) is 13.1 Å². The second kappa shape index (κ2) is 12.3. The first-order valence-corrected chi connectivity index (χ1v) is 13.4. The molecule has 2 atom stereocenters. The van der Waals surface area contributed by atoms with Gasteiger partial charge in [0.1, 0.15) is 24.5 Å². The summed E-state index contributed by atoms with van der Waals surface area (Å²) in [5.41, 5.74) is 4.30. The fraction of sp³-hybridized carbons (Fsp3) is 0.333. The summed E-state index contributed by atoms with van der Waals surface area (Å²) in [7, 11) is 0. The Kier molecular flexibility index (Phi) is 8.37. The van der Waals surface area contributed by atoms with Crippen LogP contribution in [0.4, 0.5) is 0 Å². The Morgan fingerprint density at radius 2 is 1.90 bits per heavy atom. The lowest BCUT2D eigenvalue weighted by atomic mass is 9.96. The number of H-pyrrole nitrogens is 1. The predicted molar refractivity (Wildman–Crippen MR) is 149 cm³/mol. The number of carbonyl (C=O) groups is 2. The molecule has 208 valence electrons. The van der Waals surface area contributed by atoms with E-state index >= 15 is 0 Å². The van der Waals surface area contributed by atoms with E-state index in [-0.39, 0.29) is 18.2 Å². The van der Waals surface area contributed by atoms with E-state index in [1.54, 1.807) is 12.7 Å². The number of carbonyl (C=O) groups excluding carboxylic acids is 1. The van der Waals surface area contributed by atoms with Crippen molar-refractivity contribution in [2.24, 2.45) is 0 Å². The maximum atomic E-state index is 11.8. The normalized spacial score (nSPS) is 16.7. The molecule has 0 radical (unpaired) electrons. The highest BCUT2D eigenvalue weighted by Crippen LogP contribution is 2.32. The number of aliphatic carboxylic acids is 1. The first-order chi connectivity index (χ1) is 19.4. The molecule has 4 aromatic rings. The molecule has 2 aromatic carbocycles. The van der Waals surface area contributed by atoms with Crippen LogP contribution in [0.15, 0.2) is 79.2 Å². The Morgan fingerprint density at radius 1 is 1.12 bits per heavy atom. The van der Waals surface area contributed by atoms with Crippen LogP contribution in [-0.2, 0) is 25.5 Å². The van der Waals surface area contributed by atoms with Crippen molar-refractivity contribution in [3.63, 3.8) is 0 Å². The molecule has 5 rings (SSSR count). The van der Waals surface area contributed by atoms with Gasteiger partial charge in [0.05, 0.1) is 12.1 Å². The fourth-order valence-electron chi connectivity index (χ4n) is 5.20. The number of carboxylic acids is 1. The number of carboxylic acid groups (broad SMARTS) is 1. The number of aromatic amines is 1. The maximum absolute atomic E-state index is 11.8. The third-order valence-electron chi connectivity index (χ3n) is 7.04. The van der Waals surface area contributed by atoms with Crippen LogP contribution < -0.4 is 0 Å². The van der Waals surface area contributed by atoms with E-state index in [0.29, 0.717) is 18.7 Å². The average Bonchev–Trinajstić information content (AvgIpc) is 3.63. The monoisotopic (exact) mass is 543 g/mol. The number of aryl methyl sites for hydroxylation is 1. The minimum Gasteiger partial charge on any atom is -0.473 e. The number of aromatic nitrogens is 4. The summed E-state index contributed by atoms with van der Waals surface area (Å²) < 4.78 is 13.5. The van der Waals surface area contributed by atoms with Gasteiger partial charge >= 0.3 is 11.9 Å². The lowest BCUT2D eigenvalue weighted by molar-refractivity contribution is -0.161. The number of nitrogens with one attached hydrogen (secondary N) is 1. The molecule has 40 heavy (non-hydrogen) atoms. The largest absolute Gasteiger partial charge is 0.473 e. The Bertz CT molecular complexity index is 1480. The van der Waals surface area contributed by atoms with Crippen LogP contribution in [0, 0.1) is 0 Å². The Morgan fingerprint density at radius 3 is 2.62 bits per heavy atom. The summed E-state index contributed by atoms with van der Waals surface area (Å²) in [6.07, 6.45) is 9.10. The number of esters is 1. The topological polar surface area (TPSA) is 123 Å². The smallest absolute Gasteiger partial charge is 0.422 e. The van der Waals surface area contributed by atoms with Crippen molar-refractivity contribution in [1.29, 1.82) is 0 Å². The van der Waals surface area contributed by atoms with E-state index < -0.39 is 11.9 Å². The van der Waals surface area contributed by atoms with Gasteiger partial charge in [0, 0.05) is 35.8 Å². The van der Waals surface area contributed by atoms with Crippen molar-refractivity contribution in [1.82, 2.24) is 24.6 Å². The lowest BCUT2D eigenvalue weighted by Gasteiger charge is -2.39. The SMILES string of the molecule is CC(C)OC(c1ccccc1)C1C=C(OC(=O)C(=O)O)CCN1CCCc1c[nH]c2ccc(-n3cnnc3)cc12. The molecular weight excluding hydrogens is 510 g/mol. The molecule has 0 saturated heterocycles. The zero-order valence-corrected chi connectivity index (χ0v) is 22.6. The molecule has 0 bridgehead atoms. The minimum absolute atomic E-state index is 0.0430. The standard InChI is InChI=1S/C30H33N5O5/c1-20(2)39-28(21-7-4-3-5-8-21)27-16-24(40-30(38)29(36)37)12-14-34(27)13-6-9-22-17-31-26-11-10-23(15-25(22)26)35-18-32-33-19-35/h3-5,7-8,10-11,15-20,27-28,31H,6,9,12-14H2,1-2H3,(H,36,37). The summed E-state index contributed by atoms with van der Waals surface area (Å²) in [4.78, 5) is 28.6. The average molecular weight is 544 g/mol. The number of hydrogen-bond acceptors (Lipinski definition) is 7. The molecule has 1 aliphatic heterocycles.